The summed E-state index contributed by atoms with van der Waals surface area (Å²) >= 11 is 0. The van der Waals surface area contributed by atoms with Crippen molar-refractivity contribution < 1.29 is 18.7 Å². The third kappa shape index (κ3) is 3.75. The molecule has 0 radical (unpaired) electrons. The monoisotopic (exact) mass is 267 g/mol. The number of ketones is 1. The molecule has 1 saturated heterocycles. The van der Waals surface area contributed by atoms with Crippen molar-refractivity contribution >= 4 is 5.78 Å². The van der Waals surface area contributed by atoms with Gasteiger partial charge in [-0.05, 0) is 25.2 Å². The summed E-state index contributed by atoms with van der Waals surface area (Å²) < 4.78 is 24.7. The van der Waals surface area contributed by atoms with Crippen LogP contribution in [0.25, 0.3) is 0 Å². The second-order valence-corrected chi connectivity index (χ2v) is 4.53. The Labute approximate surface area is 111 Å². The summed E-state index contributed by atoms with van der Waals surface area (Å²) in [5, 5.41) is 2.75. The Balaban J connectivity index is 2.04. The SMILES string of the molecule is CNCC(=O)c1ccc(OC2CCOCC2)c(F)c1. The van der Waals surface area contributed by atoms with E-state index >= 15 is 0 Å². The van der Waals surface area contributed by atoms with Crippen molar-refractivity contribution in [2.24, 2.45) is 0 Å². The molecule has 1 aliphatic heterocycles. The van der Waals surface area contributed by atoms with E-state index in [2.05, 4.69) is 5.32 Å². The minimum atomic E-state index is -0.492. The highest BCUT2D eigenvalue weighted by atomic mass is 19.1. The van der Waals surface area contributed by atoms with Gasteiger partial charge in [-0.2, -0.15) is 0 Å². The lowest BCUT2D eigenvalue weighted by Crippen LogP contribution is -2.26. The number of ether oxygens (including phenoxy) is 2. The first kappa shape index (κ1) is 14.0. The van der Waals surface area contributed by atoms with Crippen LogP contribution in [0.3, 0.4) is 0 Å². The zero-order chi connectivity index (χ0) is 13.7. The van der Waals surface area contributed by atoms with E-state index in [1.165, 1.54) is 12.1 Å². The van der Waals surface area contributed by atoms with Gasteiger partial charge in [0.1, 0.15) is 6.10 Å². The quantitative estimate of drug-likeness (QED) is 0.826. The van der Waals surface area contributed by atoms with Crippen molar-refractivity contribution in [2.75, 3.05) is 26.8 Å². The molecular weight excluding hydrogens is 249 g/mol. The molecule has 5 heteroatoms. The first-order valence-corrected chi connectivity index (χ1v) is 6.42. The molecule has 0 spiro atoms. The fourth-order valence-electron chi connectivity index (χ4n) is 2.01. The topological polar surface area (TPSA) is 47.6 Å². The number of carbonyl (C=O) groups excluding carboxylic acids is 1. The van der Waals surface area contributed by atoms with E-state index in [4.69, 9.17) is 9.47 Å². The van der Waals surface area contributed by atoms with Gasteiger partial charge in [-0.15, -0.1) is 0 Å². The van der Waals surface area contributed by atoms with Gasteiger partial charge < -0.3 is 14.8 Å². The van der Waals surface area contributed by atoms with E-state index in [0.717, 1.165) is 12.8 Å². The standard InChI is InChI=1S/C14H18FNO3/c1-16-9-13(17)10-2-3-14(12(15)8-10)19-11-4-6-18-7-5-11/h2-3,8,11,16H,4-7,9H2,1H3. The molecular formula is C14H18FNO3. The Morgan fingerprint density at radius 2 is 2.21 bits per heavy atom. The lowest BCUT2D eigenvalue weighted by atomic mass is 10.1. The van der Waals surface area contributed by atoms with E-state index in [-0.39, 0.29) is 24.2 Å². The van der Waals surface area contributed by atoms with Crippen molar-refractivity contribution in [2.45, 2.75) is 18.9 Å². The van der Waals surface area contributed by atoms with Crippen LogP contribution < -0.4 is 10.1 Å². The molecule has 0 atom stereocenters. The largest absolute Gasteiger partial charge is 0.487 e. The second kappa shape index (κ2) is 6.63. The van der Waals surface area contributed by atoms with Gasteiger partial charge >= 0.3 is 0 Å². The third-order valence-electron chi connectivity index (χ3n) is 3.05. The first-order chi connectivity index (χ1) is 9.20. The highest BCUT2D eigenvalue weighted by Crippen LogP contribution is 2.22. The minimum Gasteiger partial charge on any atom is -0.487 e. The smallest absolute Gasteiger partial charge is 0.176 e. The van der Waals surface area contributed by atoms with Crippen molar-refractivity contribution in [3.05, 3.63) is 29.6 Å². The van der Waals surface area contributed by atoms with Crippen molar-refractivity contribution in [1.82, 2.24) is 5.32 Å². The van der Waals surface area contributed by atoms with Crippen LogP contribution in [0.2, 0.25) is 0 Å². The normalized spacial score (nSPS) is 16.3. The molecule has 4 nitrogen and oxygen atoms in total. The zero-order valence-corrected chi connectivity index (χ0v) is 10.9. The molecule has 0 saturated carbocycles. The Morgan fingerprint density at radius 3 is 2.84 bits per heavy atom. The van der Waals surface area contributed by atoms with Crippen molar-refractivity contribution in [1.29, 1.82) is 0 Å². The Morgan fingerprint density at radius 1 is 1.47 bits per heavy atom. The predicted molar refractivity (Wildman–Crippen MR) is 69.1 cm³/mol. The fourth-order valence-corrected chi connectivity index (χ4v) is 2.01. The number of Topliss-reactive ketones (excluding diaryl/α,β-unsaturated/α-hetero) is 1. The number of halogens is 1. The minimum absolute atomic E-state index is 0.0119. The van der Waals surface area contributed by atoms with Crippen molar-refractivity contribution in [3.63, 3.8) is 0 Å². The van der Waals surface area contributed by atoms with Gasteiger partial charge in [0.15, 0.2) is 17.3 Å². The lowest BCUT2D eigenvalue weighted by Gasteiger charge is -2.23. The van der Waals surface area contributed by atoms with Crippen LogP contribution in [0.5, 0.6) is 5.75 Å². The summed E-state index contributed by atoms with van der Waals surface area (Å²) in [7, 11) is 1.68. The molecule has 2 rings (SSSR count). The maximum atomic E-state index is 13.9. The molecule has 1 N–H and O–H groups in total. The molecule has 1 aliphatic rings. The number of hydrogen-bond acceptors (Lipinski definition) is 4. The van der Waals surface area contributed by atoms with Gasteiger partial charge in [0, 0.05) is 18.4 Å². The molecule has 0 unspecified atom stereocenters. The lowest BCUT2D eigenvalue weighted by molar-refractivity contribution is 0.0240. The van der Waals surface area contributed by atoms with Gasteiger partial charge in [-0.1, -0.05) is 0 Å². The number of nitrogens with one attached hydrogen (secondary N) is 1. The van der Waals surface area contributed by atoms with Gasteiger partial charge in [0.2, 0.25) is 0 Å². The summed E-state index contributed by atoms with van der Waals surface area (Å²) in [5.41, 5.74) is 0.353. The zero-order valence-electron chi connectivity index (χ0n) is 10.9. The van der Waals surface area contributed by atoms with Gasteiger partial charge in [-0.25, -0.2) is 4.39 Å². The molecule has 0 aromatic heterocycles. The molecule has 1 fully saturated rings. The molecule has 0 amide bonds. The number of hydrogen-bond donors (Lipinski definition) is 1. The van der Waals surface area contributed by atoms with Crippen LogP contribution in [0.4, 0.5) is 4.39 Å². The van der Waals surface area contributed by atoms with Gasteiger partial charge in [0.25, 0.3) is 0 Å². The maximum Gasteiger partial charge on any atom is 0.176 e. The Kier molecular flexibility index (Phi) is 4.87. The predicted octanol–water partition coefficient (Wildman–Crippen LogP) is 1.79. The molecule has 19 heavy (non-hydrogen) atoms. The van der Waals surface area contributed by atoms with Crippen LogP contribution in [-0.2, 0) is 4.74 Å². The maximum absolute atomic E-state index is 13.9. The third-order valence-corrected chi connectivity index (χ3v) is 3.05. The summed E-state index contributed by atoms with van der Waals surface area (Å²) in [6, 6.07) is 4.35. The summed E-state index contributed by atoms with van der Waals surface area (Å²) in [6.07, 6.45) is 1.52. The number of likely N-dealkylation sites (N-methyl/N-ethyl adjacent to an activating group) is 1. The Hall–Kier alpha value is -1.46. The van der Waals surface area contributed by atoms with Crippen molar-refractivity contribution in [3.8, 4) is 5.75 Å². The molecule has 0 bridgehead atoms. The molecule has 1 aromatic rings. The fraction of sp³-hybridized carbons (Fsp3) is 0.500. The van der Waals surface area contributed by atoms with Crippen LogP contribution in [-0.4, -0.2) is 38.7 Å². The van der Waals surface area contributed by atoms with E-state index in [0.29, 0.717) is 18.8 Å². The van der Waals surface area contributed by atoms with E-state index < -0.39 is 5.82 Å². The van der Waals surface area contributed by atoms with Crippen LogP contribution in [0.1, 0.15) is 23.2 Å². The highest BCUT2D eigenvalue weighted by Gasteiger charge is 2.17. The molecule has 1 heterocycles. The second-order valence-electron chi connectivity index (χ2n) is 4.53. The van der Waals surface area contributed by atoms with E-state index in [1.807, 2.05) is 0 Å². The number of benzene rings is 1. The first-order valence-electron chi connectivity index (χ1n) is 6.42. The molecule has 0 aliphatic carbocycles. The van der Waals surface area contributed by atoms with E-state index in [9.17, 15) is 9.18 Å². The van der Waals surface area contributed by atoms with Gasteiger partial charge in [-0.3, -0.25) is 4.79 Å². The van der Waals surface area contributed by atoms with Crippen LogP contribution >= 0.6 is 0 Å². The molecule has 1 aromatic carbocycles. The summed E-state index contributed by atoms with van der Waals surface area (Å²) in [4.78, 5) is 11.6. The average Bonchev–Trinajstić information content (AvgIpc) is 2.42. The summed E-state index contributed by atoms with van der Waals surface area (Å²) in [5.74, 6) is -0.430. The number of carbonyl (C=O) groups is 1. The average molecular weight is 267 g/mol. The highest BCUT2D eigenvalue weighted by molar-refractivity contribution is 5.97. The van der Waals surface area contributed by atoms with Crippen LogP contribution in [0, 0.1) is 5.82 Å². The Bertz CT molecular complexity index is 444. The number of rotatable bonds is 5. The molecule has 104 valence electrons. The van der Waals surface area contributed by atoms with Crippen LogP contribution in [0.15, 0.2) is 18.2 Å². The summed E-state index contributed by atoms with van der Waals surface area (Å²) in [6.45, 7) is 1.48. The van der Waals surface area contributed by atoms with Gasteiger partial charge in [0.05, 0.1) is 19.8 Å². The van der Waals surface area contributed by atoms with E-state index in [1.54, 1.807) is 13.1 Å².